The van der Waals surface area contributed by atoms with Crippen molar-refractivity contribution in [3.05, 3.63) is 24.3 Å². The molecule has 18 heavy (non-hydrogen) atoms. The number of rotatable bonds is 8. The fraction of sp³-hybridized carbons (Fsp3) is 0.385. The summed E-state index contributed by atoms with van der Waals surface area (Å²) in [7, 11) is 4.65. The molecule has 0 bridgehead atoms. The monoisotopic (exact) mass is 254 g/mol. The Balaban J connectivity index is 3.09. The molecule has 5 nitrogen and oxygen atoms in total. The lowest BCUT2D eigenvalue weighted by Gasteiger charge is -2.15. The standard InChI is InChI=1S/C13H18O5/c1-5-10-6-11(16-4)13(18-9-15-3)12(7-10)17-8-14-2/h5-7H,1,8-9H2,2-4H3. The number of ether oxygens (including phenoxy) is 5. The Morgan fingerprint density at radius 3 is 2.17 bits per heavy atom. The quantitative estimate of drug-likeness (QED) is 0.666. The van der Waals surface area contributed by atoms with E-state index in [2.05, 4.69) is 6.58 Å². The van der Waals surface area contributed by atoms with Crippen LogP contribution in [0, 0.1) is 0 Å². The summed E-state index contributed by atoms with van der Waals surface area (Å²) in [6, 6.07) is 3.59. The second-order valence-electron chi connectivity index (χ2n) is 3.36. The molecular weight excluding hydrogens is 236 g/mol. The van der Waals surface area contributed by atoms with Crippen molar-refractivity contribution in [2.75, 3.05) is 34.9 Å². The first-order valence-corrected chi connectivity index (χ1v) is 5.34. The molecule has 0 aromatic heterocycles. The van der Waals surface area contributed by atoms with E-state index < -0.39 is 0 Å². The van der Waals surface area contributed by atoms with Gasteiger partial charge in [0.25, 0.3) is 0 Å². The summed E-state index contributed by atoms with van der Waals surface area (Å²) in [4.78, 5) is 0. The smallest absolute Gasteiger partial charge is 0.206 e. The van der Waals surface area contributed by atoms with E-state index in [4.69, 9.17) is 23.7 Å². The van der Waals surface area contributed by atoms with Crippen LogP contribution < -0.4 is 14.2 Å². The molecule has 5 heteroatoms. The van der Waals surface area contributed by atoms with Crippen molar-refractivity contribution >= 4 is 6.08 Å². The Hall–Kier alpha value is -1.72. The molecule has 100 valence electrons. The minimum Gasteiger partial charge on any atom is -0.493 e. The van der Waals surface area contributed by atoms with Gasteiger partial charge in [0.05, 0.1) is 7.11 Å². The Morgan fingerprint density at radius 1 is 1.00 bits per heavy atom. The third kappa shape index (κ3) is 3.65. The average Bonchev–Trinajstić information content (AvgIpc) is 2.42. The van der Waals surface area contributed by atoms with E-state index in [-0.39, 0.29) is 13.6 Å². The average molecular weight is 254 g/mol. The number of benzene rings is 1. The van der Waals surface area contributed by atoms with Gasteiger partial charge in [0.15, 0.2) is 25.1 Å². The zero-order valence-corrected chi connectivity index (χ0v) is 10.9. The fourth-order valence-electron chi connectivity index (χ4n) is 1.36. The number of methoxy groups -OCH3 is 3. The van der Waals surface area contributed by atoms with Gasteiger partial charge in [-0.1, -0.05) is 12.7 Å². The lowest BCUT2D eigenvalue weighted by molar-refractivity contribution is 0.0307. The predicted octanol–water partition coefficient (Wildman–Crippen LogP) is 2.30. The van der Waals surface area contributed by atoms with E-state index in [1.165, 1.54) is 0 Å². The SMILES string of the molecule is C=Cc1cc(OC)c(OCOC)c(OCOC)c1. The van der Waals surface area contributed by atoms with E-state index >= 15 is 0 Å². The van der Waals surface area contributed by atoms with E-state index in [0.717, 1.165) is 5.56 Å². The number of hydrogen-bond donors (Lipinski definition) is 0. The van der Waals surface area contributed by atoms with Crippen LogP contribution in [0.4, 0.5) is 0 Å². The topological polar surface area (TPSA) is 46.2 Å². The summed E-state index contributed by atoms with van der Waals surface area (Å²) in [6.45, 7) is 3.93. The third-order valence-electron chi connectivity index (χ3n) is 2.15. The molecule has 0 saturated heterocycles. The van der Waals surface area contributed by atoms with Gasteiger partial charge < -0.3 is 23.7 Å². The highest BCUT2D eigenvalue weighted by molar-refractivity contribution is 5.61. The van der Waals surface area contributed by atoms with Crippen LogP contribution in [0.1, 0.15) is 5.56 Å². The predicted molar refractivity (Wildman–Crippen MR) is 68.1 cm³/mol. The number of hydrogen-bond acceptors (Lipinski definition) is 5. The van der Waals surface area contributed by atoms with Gasteiger partial charge in [-0.2, -0.15) is 0 Å². The van der Waals surface area contributed by atoms with Gasteiger partial charge in [-0.05, 0) is 17.7 Å². The van der Waals surface area contributed by atoms with Crippen LogP contribution in [0.25, 0.3) is 6.08 Å². The third-order valence-corrected chi connectivity index (χ3v) is 2.15. The molecule has 0 N–H and O–H groups in total. The molecule has 0 aliphatic carbocycles. The molecule has 0 fully saturated rings. The first-order valence-electron chi connectivity index (χ1n) is 5.34. The highest BCUT2D eigenvalue weighted by atomic mass is 16.7. The highest BCUT2D eigenvalue weighted by Crippen LogP contribution is 2.39. The summed E-state index contributed by atoms with van der Waals surface area (Å²) in [5, 5.41) is 0. The molecule has 0 atom stereocenters. The van der Waals surface area contributed by atoms with Crippen molar-refractivity contribution in [3.8, 4) is 17.2 Å². The van der Waals surface area contributed by atoms with E-state index in [1.807, 2.05) is 0 Å². The minimum absolute atomic E-state index is 0.104. The highest BCUT2D eigenvalue weighted by Gasteiger charge is 2.14. The Bertz CT molecular complexity index is 389. The lowest BCUT2D eigenvalue weighted by atomic mass is 10.2. The Morgan fingerprint density at radius 2 is 1.61 bits per heavy atom. The maximum Gasteiger partial charge on any atom is 0.206 e. The molecule has 0 aliphatic heterocycles. The summed E-state index contributed by atoms with van der Waals surface area (Å²) in [5.41, 5.74) is 0.864. The maximum absolute atomic E-state index is 5.44. The normalized spacial score (nSPS) is 9.94. The largest absolute Gasteiger partial charge is 0.493 e. The van der Waals surface area contributed by atoms with Crippen molar-refractivity contribution in [2.24, 2.45) is 0 Å². The molecule has 1 aromatic rings. The first-order chi connectivity index (χ1) is 8.76. The van der Waals surface area contributed by atoms with Crippen molar-refractivity contribution in [1.82, 2.24) is 0 Å². The molecule has 0 unspecified atom stereocenters. The zero-order chi connectivity index (χ0) is 13.4. The van der Waals surface area contributed by atoms with Crippen molar-refractivity contribution in [2.45, 2.75) is 0 Å². The van der Waals surface area contributed by atoms with Gasteiger partial charge in [0, 0.05) is 14.2 Å². The van der Waals surface area contributed by atoms with Crippen LogP contribution in [0.5, 0.6) is 17.2 Å². The molecule has 0 heterocycles. The molecule has 1 rings (SSSR count). The summed E-state index contributed by atoms with van der Waals surface area (Å²) < 4.78 is 25.9. The summed E-state index contributed by atoms with van der Waals surface area (Å²) >= 11 is 0. The van der Waals surface area contributed by atoms with Crippen LogP contribution in [0.2, 0.25) is 0 Å². The first kappa shape index (κ1) is 14.3. The van der Waals surface area contributed by atoms with Gasteiger partial charge in [0.1, 0.15) is 0 Å². The van der Waals surface area contributed by atoms with Gasteiger partial charge >= 0.3 is 0 Å². The van der Waals surface area contributed by atoms with Crippen molar-refractivity contribution in [1.29, 1.82) is 0 Å². The molecular formula is C13H18O5. The van der Waals surface area contributed by atoms with Crippen LogP contribution in [0.15, 0.2) is 18.7 Å². The minimum atomic E-state index is 0.104. The molecule has 0 radical (unpaired) electrons. The summed E-state index contributed by atoms with van der Waals surface area (Å²) in [6.07, 6.45) is 1.70. The van der Waals surface area contributed by atoms with Crippen molar-refractivity contribution < 1.29 is 23.7 Å². The molecule has 0 amide bonds. The summed E-state index contributed by atoms with van der Waals surface area (Å²) in [5.74, 6) is 1.54. The molecule has 0 saturated carbocycles. The molecule has 0 aliphatic rings. The van der Waals surface area contributed by atoms with E-state index in [1.54, 1.807) is 39.5 Å². The maximum atomic E-state index is 5.44. The second kappa shape index (κ2) is 7.58. The molecule has 1 aromatic carbocycles. The van der Waals surface area contributed by atoms with Gasteiger partial charge in [-0.15, -0.1) is 0 Å². The second-order valence-corrected chi connectivity index (χ2v) is 3.36. The Kier molecular flexibility index (Phi) is 6.04. The van der Waals surface area contributed by atoms with Crippen LogP contribution in [-0.2, 0) is 9.47 Å². The van der Waals surface area contributed by atoms with Crippen LogP contribution >= 0.6 is 0 Å². The van der Waals surface area contributed by atoms with Crippen LogP contribution in [-0.4, -0.2) is 34.9 Å². The van der Waals surface area contributed by atoms with Crippen molar-refractivity contribution in [3.63, 3.8) is 0 Å². The van der Waals surface area contributed by atoms with Crippen LogP contribution in [0.3, 0.4) is 0 Å². The zero-order valence-electron chi connectivity index (χ0n) is 10.9. The fourth-order valence-corrected chi connectivity index (χ4v) is 1.36. The van der Waals surface area contributed by atoms with E-state index in [9.17, 15) is 0 Å². The van der Waals surface area contributed by atoms with E-state index in [0.29, 0.717) is 17.2 Å². The van der Waals surface area contributed by atoms with Gasteiger partial charge in [-0.3, -0.25) is 0 Å². The molecule has 0 spiro atoms. The lowest BCUT2D eigenvalue weighted by Crippen LogP contribution is -2.06. The van der Waals surface area contributed by atoms with Gasteiger partial charge in [0.2, 0.25) is 5.75 Å². The Labute approximate surface area is 107 Å². The van der Waals surface area contributed by atoms with Gasteiger partial charge in [-0.25, -0.2) is 0 Å².